The van der Waals surface area contributed by atoms with E-state index in [2.05, 4.69) is 51.8 Å². The number of anilines is 4. The fraction of sp³-hybridized carbons (Fsp3) is 0.368. The number of ether oxygens (including phenoxy) is 1. The summed E-state index contributed by atoms with van der Waals surface area (Å²) in [4.78, 5) is 63.4. The predicted octanol–water partition coefficient (Wildman–Crippen LogP) is 9.12. The Bertz CT molecular complexity index is 1850. The first-order valence-electron chi connectivity index (χ1n) is 18.3. The number of halogens is 2. The molecule has 4 rings (SSSR count). The van der Waals surface area contributed by atoms with E-state index >= 15 is 0 Å². The third-order valence-corrected chi connectivity index (χ3v) is 8.06. The zero-order chi connectivity index (χ0) is 43.9. The monoisotopic (exact) mass is 880 g/mol. The number of esters is 1. The minimum absolute atomic E-state index is 0.0293. The van der Waals surface area contributed by atoms with E-state index in [0.29, 0.717) is 57.2 Å². The Morgan fingerprint density at radius 1 is 0.655 bits per heavy atom. The van der Waals surface area contributed by atoms with E-state index in [4.69, 9.17) is 33.0 Å². The molecule has 0 aliphatic rings. The third kappa shape index (κ3) is 19.9. The second-order valence-electron chi connectivity index (χ2n) is 9.84. The number of thioether (sulfide) groups is 2. The summed E-state index contributed by atoms with van der Waals surface area (Å²) in [5.41, 5.74) is 1.24. The van der Waals surface area contributed by atoms with Crippen LogP contribution in [0.2, 0.25) is 10.0 Å². The molecule has 4 aromatic rings. The van der Waals surface area contributed by atoms with Crippen molar-refractivity contribution in [3.63, 3.8) is 0 Å². The molecule has 0 bridgehead atoms. The van der Waals surface area contributed by atoms with Gasteiger partial charge in [0.15, 0.2) is 10.3 Å². The van der Waals surface area contributed by atoms with Crippen molar-refractivity contribution >= 4 is 93.7 Å². The van der Waals surface area contributed by atoms with Gasteiger partial charge in [-0.15, -0.1) is 0 Å². The fourth-order valence-electron chi connectivity index (χ4n) is 3.88. The molecular weight excluding hydrogens is 828 g/mol. The van der Waals surface area contributed by atoms with Crippen molar-refractivity contribution in [2.24, 2.45) is 0 Å². The number of rotatable bonds is 15. The van der Waals surface area contributed by atoms with E-state index in [1.54, 1.807) is 61.7 Å². The molecule has 0 saturated carbocycles. The smallest absolute Gasteiger partial charge is 0.343 e. The number of aromatic carboxylic acids is 1. The molecule has 2 aromatic heterocycles. The van der Waals surface area contributed by atoms with Gasteiger partial charge in [0.25, 0.3) is 0 Å². The maximum atomic E-state index is 12.0. The average Bonchev–Trinajstić information content (AvgIpc) is 3.25. The first-order valence-corrected chi connectivity index (χ1v) is 21.6. The summed E-state index contributed by atoms with van der Waals surface area (Å²) in [6.07, 6.45) is 6.31. The number of carbonyl (C=O) groups excluding carboxylic acids is 3. The van der Waals surface area contributed by atoms with Crippen molar-refractivity contribution in [3.8, 4) is 0 Å². The molecule has 0 fully saturated rings. The molecule has 2 heterocycles. The molecule has 58 heavy (non-hydrogen) atoms. The molecule has 0 unspecified atom stereocenters. The maximum Gasteiger partial charge on any atom is 0.343 e. The molecule has 0 aliphatic carbocycles. The van der Waals surface area contributed by atoms with Gasteiger partial charge >= 0.3 is 24.0 Å². The van der Waals surface area contributed by atoms with Crippen molar-refractivity contribution < 1.29 is 29.0 Å². The Labute approximate surface area is 359 Å². The minimum atomic E-state index is -1.13. The molecule has 16 nitrogen and oxygen atoms in total. The van der Waals surface area contributed by atoms with E-state index in [9.17, 15) is 19.2 Å². The lowest BCUT2D eigenvalue weighted by Gasteiger charge is -2.12. The Morgan fingerprint density at radius 2 is 1.05 bits per heavy atom. The molecule has 0 atom stereocenters. The highest BCUT2D eigenvalue weighted by atomic mass is 35.5. The lowest BCUT2D eigenvalue weighted by molar-refractivity contribution is 0.0525. The summed E-state index contributed by atoms with van der Waals surface area (Å²) in [5.74, 6) is -1.06. The summed E-state index contributed by atoms with van der Waals surface area (Å²) in [6, 6.07) is 13.0. The van der Waals surface area contributed by atoms with E-state index in [-0.39, 0.29) is 36.1 Å². The van der Waals surface area contributed by atoms with Crippen LogP contribution in [0.25, 0.3) is 0 Å². The molecular formula is C38H54Cl2N10O6S2. The van der Waals surface area contributed by atoms with Crippen LogP contribution < -0.4 is 31.9 Å². The van der Waals surface area contributed by atoms with Crippen molar-refractivity contribution in [2.75, 3.05) is 66.6 Å². The number of amides is 4. The van der Waals surface area contributed by atoms with Crippen LogP contribution in [0.5, 0.6) is 0 Å². The van der Waals surface area contributed by atoms with Gasteiger partial charge in [-0.05, 0) is 43.7 Å². The molecule has 20 heteroatoms. The Balaban J connectivity index is 0.000000994. The highest BCUT2D eigenvalue weighted by Crippen LogP contribution is 2.21. The first-order chi connectivity index (χ1) is 28.1. The van der Waals surface area contributed by atoms with E-state index < -0.39 is 18.0 Å². The van der Waals surface area contributed by atoms with Crippen LogP contribution in [0.4, 0.5) is 32.6 Å². The molecule has 4 amide bonds. The molecule has 0 saturated heterocycles. The number of hydrogen-bond donors (Lipinski definition) is 7. The van der Waals surface area contributed by atoms with Crippen LogP contribution >= 0.6 is 46.7 Å². The van der Waals surface area contributed by atoms with Crippen molar-refractivity contribution in [2.45, 2.75) is 58.8 Å². The van der Waals surface area contributed by atoms with Crippen LogP contribution in [0.15, 0.2) is 71.2 Å². The van der Waals surface area contributed by atoms with Gasteiger partial charge in [-0.1, -0.05) is 113 Å². The van der Waals surface area contributed by atoms with Gasteiger partial charge in [-0.2, -0.15) is 0 Å². The van der Waals surface area contributed by atoms with Crippen molar-refractivity contribution in [3.05, 3.63) is 82.1 Å². The number of para-hydroxylation sites is 2. The number of benzene rings is 2. The van der Waals surface area contributed by atoms with Crippen molar-refractivity contribution in [1.82, 2.24) is 30.6 Å². The lowest BCUT2D eigenvalue weighted by atomic mass is 10.3. The van der Waals surface area contributed by atoms with Crippen LogP contribution in [0.3, 0.4) is 0 Å². The second-order valence-corrected chi connectivity index (χ2v) is 12.2. The molecule has 0 radical (unpaired) electrons. The summed E-state index contributed by atoms with van der Waals surface area (Å²) in [6.45, 7) is 15.2. The molecule has 318 valence electrons. The number of carboxylic acids is 1. The Morgan fingerprint density at radius 3 is 1.43 bits per heavy atom. The standard InChI is InChI=1S/C17H20ClN5O3S.C15H16ClN5O3S.3C2H6/c1-3-26-15(24)11-10-21-17(27-2)23-14(11)19-8-9-20-16(25)22-13-7-5-4-6-12(13)18;1-25-15-19-8-9(13(22)23)12(21-15)17-6-7-18-14(24)20-11-5-3-2-4-10(11)16;3*1-2/h4-7,10H,3,8-9H2,1-2H3,(H,19,21,23)(H2,20,22,25);2-5,8H,6-7H2,1H3,(H,22,23)(H,17,19,21)(H2,18,20,24);3*1-2H3. The van der Waals surface area contributed by atoms with E-state index in [1.165, 1.54) is 35.9 Å². The zero-order valence-corrected chi connectivity index (χ0v) is 37.3. The van der Waals surface area contributed by atoms with Crippen LogP contribution in [-0.2, 0) is 4.74 Å². The van der Waals surface area contributed by atoms with Crippen LogP contribution in [0.1, 0.15) is 69.2 Å². The number of nitrogens with one attached hydrogen (secondary N) is 6. The zero-order valence-electron chi connectivity index (χ0n) is 34.2. The number of aromatic nitrogens is 4. The molecule has 7 N–H and O–H groups in total. The first kappa shape index (κ1) is 53.0. The number of carbonyl (C=O) groups is 4. The SMILES string of the molecule is CC.CC.CC.CCOC(=O)c1cnc(SC)nc1NCCNC(=O)Nc1ccccc1Cl.CSc1ncc(C(=O)O)c(NCCNC(=O)Nc2ccccc2Cl)n1. The summed E-state index contributed by atoms with van der Waals surface area (Å²) < 4.78 is 5.01. The number of hydrogen-bond acceptors (Lipinski definition) is 13. The summed E-state index contributed by atoms with van der Waals surface area (Å²) >= 11 is 14.6. The number of carboxylic acid groups (broad SMARTS) is 1. The van der Waals surface area contributed by atoms with Gasteiger partial charge in [-0.3, -0.25) is 0 Å². The van der Waals surface area contributed by atoms with Gasteiger partial charge in [0.05, 0.1) is 28.0 Å². The minimum Gasteiger partial charge on any atom is -0.477 e. The summed E-state index contributed by atoms with van der Waals surface area (Å²) in [7, 11) is 0. The normalized spacial score (nSPS) is 9.43. The Hall–Kier alpha value is -5.04. The van der Waals surface area contributed by atoms with E-state index in [0.717, 1.165) is 0 Å². The number of nitrogens with zero attached hydrogens (tertiary/aromatic N) is 4. The summed E-state index contributed by atoms with van der Waals surface area (Å²) in [5, 5.41) is 27.5. The van der Waals surface area contributed by atoms with Crippen molar-refractivity contribution in [1.29, 1.82) is 0 Å². The van der Waals surface area contributed by atoms with Gasteiger partial charge in [0.2, 0.25) is 0 Å². The average molecular weight is 882 g/mol. The highest BCUT2D eigenvalue weighted by molar-refractivity contribution is 7.98. The van der Waals surface area contributed by atoms with Gasteiger partial charge < -0.3 is 41.7 Å². The highest BCUT2D eigenvalue weighted by Gasteiger charge is 2.16. The third-order valence-electron chi connectivity index (χ3n) is 6.27. The fourth-order valence-corrected chi connectivity index (χ4v) is 4.93. The lowest BCUT2D eigenvalue weighted by Crippen LogP contribution is -2.33. The Kier molecular flexibility index (Phi) is 29.2. The second kappa shape index (κ2) is 32.0. The quantitative estimate of drug-likeness (QED) is 0.0256. The van der Waals surface area contributed by atoms with Crippen LogP contribution in [0, 0.1) is 0 Å². The molecule has 2 aromatic carbocycles. The maximum absolute atomic E-state index is 12.0. The topological polar surface area (TPSA) is 221 Å². The predicted molar refractivity (Wildman–Crippen MR) is 239 cm³/mol. The van der Waals surface area contributed by atoms with Crippen LogP contribution in [-0.4, -0.2) is 94.3 Å². The molecule has 0 aliphatic heterocycles. The number of urea groups is 2. The van der Waals surface area contributed by atoms with E-state index in [1.807, 2.05) is 47.8 Å². The van der Waals surface area contributed by atoms with Gasteiger partial charge in [-0.25, -0.2) is 39.1 Å². The molecule has 0 spiro atoms. The van der Waals surface area contributed by atoms with Gasteiger partial charge in [0.1, 0.15) is 22.8 Å². The largest absolute Gasteiger partial charge is 0.477 e. The van der Waals surface area contributed by atoms with Gasteiger partial charge in [0, 0.05) is 38.6 Å².